The van der Waals surface area contributed by atoms with Crippen LogP contribution in [0.5, 0.6) is 5.75 Å². The van der Waals surface area contributed by atoms with Crippen molar-refractivity contribution in [2.24, 2.45) is 0 Å². The van der Waals surface area contributed by atoms with Gasteiger partial charge < -0.3 is 10.1 Å². The minimum absolute atomic E-state index is 0.0300. The molecule has 0 saturated carbocycles. The van der Waals surface area contributed by atoms with Crippen molar-refractivity contribution < 1.29 is 18.3 Å². The molecule has 0 aliphatic rings. The van der Waals surface area contributed by atoms with Gasteiger partial charge in [0, 0.05) is 0 Å². The summed E-state index contributed by atoms with van der Waals surface area (Å²) in [6, 6.07) is 2.40. The number of amides is 1. The number of halogens is 2. The van der Waals surface area contributed by atoms with Crippen LogP contribution < -0.4 is 10.1 Å². The molecule has 0 radical (unpaired) electrons. The molecule has 0 spiro atoms. The Balaban J connectivity index is 2.76. The zero-order valence-electron chi connectivity index (χ0n) is 8.24. The van der Waals surface area contributed by atoms with Crippen LogP contribution in [-0.2, 0) is 0 Å². The second-order valence-corrected chi connectivity index (χ2v) is 3.73. The zero-order valence-corrected chi connectivity index (χ0v) is 9.05. The Labute approximate surface area is 94.4 Å². The maximum absolute atomic E-state index is 12.0. The maximum Gasteiger partial charge on any atom is 0.387 e. The number of rotatable bonds is 4. The Hall–Kier alpha value is -1.68. The molecule has 0 fully saturated rings. The first kappa shape index (κ1) is 12.4. The molecule has 1 atom stereocenters. The second kappa shape index (κ2) is 5.42. The number of nitrogens with zero attached hydrogens (tertiary/aromatic N) is 1. The molecule has 4 nitrogen and oxygen atoms in total. The number of hydrogen-bond acceptors (Lipinski definition) is 4. The predicted molar refractivity (Wildman–Crippen MR) is 53.5 cm³/mol. The van der Waals surface area contributed by atoms with E-state index >= 15 is 0 Å². The van der Waals surface area contributed by atoms with Gasteiger partial charge >= 0.3 is 6.61 Å². The average molecular weight is 246 g/mol. The minimum atomic E-state index is -2.98. The second-order valence-electron chi connectivity index (χ2n) is 2.82. The van der Waals surface area contributed by atoms with Crippen LogP contribution >= 0.6 is 11.3 Å². The predicted octanol–water partition coefficient (Wildman–Crippen LogP) is 1.99. The molecule has 0 saturated heterocycles. The van der Waals surface area contributed by atoms with Crippen LogP contribution in [0, 0.1) is 11.3 Å². The number of thiophene rings is 1. The molecular formula is C9H8F2N2O2S. The summed E-state index contributed by atoms with van der Waals surface area (Å²) < 4.78 is 28.1. The normalized spacial score (nSPS) is 11.9. The Morgan fingerprint density at radius 3 is 2.94 bits per heavy atom. The molecule has 16 heavy (non-hydrogen) atoms. The minimum Gasteiger partial charge on any atom is -0.433 e. The van der Waals surface area contributed by atoms with E-state index in [0.29, 0.717) is 0 Å². The Bertz CT molecular complexity index is 414. The molecule has 0 aliphatic carbocycles. The first-order valence-corrected chi connectivity index (χ1v) is 5.15. The van der Waals surface area contributed by atoms with Gasteiger partial charge in [0.15, 0.2) is 0 Å². The van der Waals surface area contributed by atoms with Gasteiger partial charge in [-0.3, -0.25) is 4.79 Å². The van der Waals surface area contributed by atoms with Gasteiger partial charge in [-0.25, -0.2) is 0 Å². The van der Waals surface area contributed by atoms with Gasteiger partial charge in [0.05, 0.1) is 6.07 Å². The zero-order chi connectivity index (χ0) is 12.1. The molecule has 1 aromatic heterocycles. The average Bonchev–Trinajstić information content (AvgIpc) is 2.64. The highest BCUT2D eigenvalue weighted by Crippen LogP contribution is 2.26. The van der Waals surface area contributed by atoms with Crippen molar-refractivity contribution in [3.63, 3.8) is 0 Å². The molecular weight excluding hydrogens is 238 g/mol. The third kappa shape index (κ3) is 3.17. The van der Waals surface area contributed by atoms with Crippen molar-refractivity contribution in [1.82, 2.24) is 5.32 Å². The van der Waals surface area contributed by atoms with Crippen molar-refractivity contribution >= 4 is 17.2 Å². The van der Waals surface area contributed by atoms with E-state index in [1.807, 2.05) is 0 Å². The number of carbonyl (C=O) groups excluding carboxylic acids is 1. The van der Waals surface area contributed by atoms with Crippen LogP contribution in [0.2, 0.25) is 0 Å². The largest absolute Gasteiger partial charge is 0.433 e. The first-order valence-electron chi connectivity index (χ1n) is 4.27. The number of nitriles is 1. The molecule has 0 bridgehead atoms. The third-order valence-electron chi connectivity index (χ3n) is 1.59. The summed E-state index contributed by atoms with van der Waals surface area (Å²) in [6.45, 7) is -1.49. The van der Waals surface area contributed by atoms with Gasteiger partial charge in [0.2, 0.25) is 0 Å². The number of carbonyl (C=O) groups is 1. The van der Waals surface area contributed by atoms with E-state index in [1.54, 1.807) is 6.07 Å². The Morgan fingerprint density at radius 2 is 2.38 bits per heavy atom. The highest BCUT2D eigenvalue weighted by Gasteiger charge is 2.18. The Morgan fingerprint density at radius 1 is 1.69 bits per heavy atom. The number of alkyl halides is 2. The highest BCUT2D eigenvalue weighted by atomic mass is 32.1. The fourth-order valence-electron chi connectivity index (χ4n) is 0.946. The maximum atomic E-state index is 12.0. The molecule has 1 rings (SSSR count). The van der Waals surface area contributed by atoms with E-state index in [4.69, 9.17) is 5.26 Å². The van der Waals surface area contributed by atoms with Crippen molar-refractivity contribution in [2.45, 2.75) is 19.6 Å². The fourth-order valence-corrected chi connectivity index (χ4v) is 1.67. The summed E-state index contributed by atoms with van der Waals surface area (Å²) in [5.74, 6) is -0.776. The summed E-state index contributed by atoms with van der Waals surface area (Å²) in [6.07, 6.45) is 0. The van der Waals surface area contributed by atoms with Crippen LogP contribution in [0.1, 0.15) is 16.6 Å². The van der Waals surface area contributed by atoms with Gasteiger partial charge in [0.1, 0.15) is 16.7 Å². The van der Waals surface area contributed by atoms with Crippen LogP contribution in [0.25, 0.3) is 0 Å². The van der Waals surface area contributed by atoms with Gasteiger partial charge in [-0.1, -0.05) is 0 Å². The van der Waals surface area contributed by atoms with E-state index in [-0.39, 0.29) is 10.6 Å². The van der Waals surface area contributed by atoms with Crippen molar-refractivity contribution in [2.75, 3.05) is 0 Å². The lowest BCUT2D eigenvalue weighted by Gasteiger charge is -2.07. The van der Waals surface area contributed by atoms with Crippen molar-refractivity contribution in [3.05, 3.63) is 16.3 Å². The van der Waals surface area contributed by atoms with Gasteiger partial charge in [0.25, 0.3) is 5.91 Å². The first-order chi connectivity index (χ1) is 7.54. The van der Waals surface area contributed by atoms with Crippen LogP contribution in [0.15, 0.2) is 11.4 Å². The van der Waals surface area contributed by atoms with Crippen molar-refractivity contribution in [3.8, 4) is 11.8 Å². The summed E-state index contributed by atoms with van der Waals surface area (Å²) in [7, 11) is 0. The summed E-state index contributed by atoms with van der Waals surface area (Å²) >= 11 is 0.972. The molecule has 86 valence electrons. The molecule has 0 aliphatic heterocycles. The molecule has 1 heterocycles. The number of nitrogens with one attached hydrogen (secondary N) is 1. The lowest BCUT2D eigenvalue weighted by atomic mass is 10.3. The molecule has 7 heteroatoms. The molecule has 1 aromatic rings. The van der Waals surface area contributed by atoms with E-state index in [0.717, 1.165) is 11.3 Å². The van der Waals surface area contributed by atoms with Crippen LogP contribution in [0.4, 0.5) is 8.78 Å². The smallest absolute Gasteiger partial charge is 0.387 e. The SMILES string of the molecule is CC(C#N)NC(=O)c1sccc1OC(F)F. The standard InChI is InChI=1S/C9H8F2N2O2S/c1-5(4-12)13-8(14)7-6(2-3-16-7)15-9(10)11/h2-3,5,9H,1H3,(H,13,14). The Kier molecular flexibility index (Phi) is 4.19. The van der Waals surface area contributed by atoms with Gasteiger partial charge in [-0.15, -0.1) is 11.3 Å². The molecule has 1 amide bonds. The highest BCUT2D eigenvalue weighted by molar-refractivity contribution is 7.12. The monoisotopic (exact) mass is 246 g/mol. The van der Waals surface area contributed by atoms with E-state index in [1.165, 1.54) is 18.4 Å². The summed E-state index contributed by atoms with van der Waals surface area (Å²) in [4.78, 5) is 11.5. The van der Waals surface area contributed by atoms with E-state index in [2.05, 4.69) is 10.1 Å². The lowest BCUT2D eigenvalue weighted by Crippen LogP contribution is -2.31. The quantitative estimate of drug-likeness (QED) is 0.883. The number of ether oxygens (including phenoxy) is 1. The van der Waals surface area contributed by atoms with Gasteiger partial charge in [-0.05, 0) is 18.4 Å². The number of hydrogen-bond donors (Lipinski definition) is 1. The fraction of sp³-hybridized carbons (Fsp3) is 0.333. The van der Waals surface area contributed by atoms with Crippen LogP contribution in [-0.4, -0.2) is 18.6 Å². The molecule has 0 aromatic carbocycles. The third-order valence-corrected chi connectivity index (χ3v) is 2.49. The molecule has 1 unspecified atom stereocenters. The van der Waals surface area contributed by atoms with Crippen molar-refractivity contribution in [1.29, 1.82) is 5.26 Å². The van der Waals surface area contributed by atoms with Crippen LogP contribution in [0.3, 0.4) is 0 Å². The summed E-state index contributed by atoms with van der Waals surface area (Å²) in [5, 5.41) is 12.3. The van der Waals surface area contributed by atoms with E-state index in [9.17, 15) is 13.6 Å². The summed E-state index contributed by atoms with van der Waals surface area (Å²) in [5.41, 5.74) is 0. The molecule has 1 N–H and O–H groups in total. The van der Waals surface area contributed by atoms with Gasteiger partial charge in [-0.2, -0.15) is 14.0 Å². The lowest BCUT2D eigenvalue weighted by molar-refractivity contribution is -0.0498. The van der Waals surface area contributed by atoms with E-state index < -0.39 is 18.6 Å². The topological polar surface area (TPSA) is 62.1 Å².